The highest BCUT2D eigenvalue weighted by atomic mass is 15.1. The maximum absolute atomic E-state index is 3.31. The van der Waals surface area contributed by atoms with Gasteiger partial charge in [0, 0.05) is 0 Å². The van der Waals surface area contributed by atoms with E-state index in [1.54, 1.807) is 0 Å². The minimum absolute atomic E-state index is 0.864. The number of nitrogens with one attached hydrogen (secondary N) is 1. The van der Waals surface area contributed by atoms with E-state index in [4.69, 9.17) is 0 Å². The highest BCUT2D eigenvalue weighted by Gasteiger charge is 2.21. The quantitative estimate of drug-likeness (QED) is 0.736. The molecular weight excluding hydrogens is 208 g/mol. The Hall–Kier alpha value is -0.0800. The third kappa shape index (κ3) is 5.39. The van der Waals surface area contributed by atoms with Crippen LogP contribution in [0.15, 0.2) is 0 Å². The van der Waals surface area contributed by atoms with E-state index >= 15 is 0 Å². The first-order valence-corrected chi connectivity index (χ1v) is 7.54. The van der Waals surface area contributed by atoms with Crippen molar-refractivity contribution >= 4 is 0 Å². The fraction of sp³-hybridized carbons (Fsp3) is 1.00. The Labute approximate surface area is 108 Å². The second-order valence-electron chi connectivity index (χ2n) is 6.04. The summed E-state index contributed by atoms with van der Waals surface area (Å²) in [5.41, 5.74) is 0. The average Bonchev–Trinajstić information content (AvgIpc) is 2.35. The Morgan fingerprint density at radius 1 is 1.24 bits per heavy atom. The van der Waals surface area contributed by atoms with Gasteiger partial charge < -0.3 is 10.2 Å². The van der Waals surface area contributed by atoms with Gasteiger partial charge in [0.1, 0.15) is 0 Å². The van der Waals surface area contributed by atoms with Gasteiger partial charge in [-0.1, -0.05) is 27.2 Å². The van der Waals surface area contributed by atoms with Crippen molar-refractivity contribution in [2.45, 2.75) is 46.5 Å². The van der Waals surface area contributed by atoms with Crippen molar-refractivity contribution < 1.29 is 0 Å². The van der Waals surface area contributed by atoms with Gasteiger partial charge in [0.15, 0.2) is 0 Å². The maximum atomic E-state index is 3.31. The van der Waals surface area contributed by atoms with Crippen molar-refractivity contribution in [3.05, 3.63) is 0 Å². The van der Waals surface area contributed by atoms with Crippen LogP contribution < -0.4 is 5.32 Å². The number of hydrogen-bond donors (Lipinski definition) is 1. The number of rotatable bonds is 7. The summed E-state index contributed by atoms with van der Waals surface area (Å²) in [6.45, 7) is 12.2. The second-order valence-corrected chi connectivity index (χ2v) is 6.04. The largest absolute Gasteiger partial charge is 0.319 e. The Morgan fingerprint density at radius 2 is 1.88 bits per heavy atom. The monoisotopic (exact) mass is 240 g/mol. The molecule has 1 saturated heterocycles. The standard InChI is InChI=1S/C15H32N2/c1-5-14(12-16-4)6-9-17-10-7-15(8-11-17)13(2)3/h13-16H,5-12H2,1-4H3/t14-/m0/s1. The summed E-state index contributed by atoms with van der Waals surface area (Å²) < 4.78 is 0. The summed E-state index contributed by atoms with van der Waals surface area (Å²) in [5, 5.41) is 3.31. The molecule has 0 aromatic rings. The molecule has 17 heavy (non-hydrogen) atoms. The van der Waals surface area contributed by atoms with E-state index in [0.717, 1.165) is 17.8 Å². The average molecular weight is 240 g/mol. The van der Waals surface area contributed by atoms with Crippen molar-refractivity contribution in [3.63, 3.8) is 0 Å². The molecule has 1 aliphatic rings. The van der Waals surface area contributed by atoms with E-state index in [-0.39, 0.29) is 0 Å². The zero-order valence-corrected chi connectivity index (χ0v) is 12.3. The van der Waals surface area contributed by atoms with Gasteiger partial charge in [-0.2, -0.15) is 0 Å². The molecule has 1 fully saturated rings. The van der Waals surface area contributed by atoms with E-state index < -0.39 is 0 Å². The number of nitrogens with zero attached hydrogens (tertiary/aromatic N) is 1. The molecule has 1 N–H and O–H groups in total. The second kappa shape index (κ2) is 8.10. The summed E-state index contributed by atoms with van der Waals surface area (Å²) >= 11 is 0. The summed E-state index contributed by atoms with van der Waals surface area (Å²) in [7, 11) is 2.07. The van der Waals surface area contributed by atoms with Gasteiger partial charge in [-0.05, 0) is 70.2 Å². The predicted octanol–water partition coefficient (Wildman–Crippen LogP) is 2.99. The minimum atomic E-state index is 0.864. The van der Waals surface area contributed by atoms with Gasteiger partial charge >= 0.3 is 0 Å². The first kappa shape index (κ1) is 15.0. The first-order chi connectivity index (χ1) is 8.17. The molecule has 2 nitrogen and oxygen atoms in total. The highest BCUT2D eigenvalue weighted by molar-refractivity contribution is 4.75. The van der Waals surface area contributed by atoms with Crippen LogP contribution in [0.2, 0.25) is 0 Å². The lowest BCUT2D eigenvalue weighted by molar-refractivity contribution is 0.149. The van der Waals surface area contributed by atoms with E-state index in [2.05, 4.69) is 38.0 Å². The Kier molecular flexibility index (Phi) is 7.14. The van der Waals surface area contributed by atoms with E-state index in [1.807, 2.05) is 0 Å². The molecule has 1 atom stereocenters. The van der Waals surface area contributed by atoms with Crippen LogP contribution >= 0.6 is 0 Å². The molecule has 0 bridgehead atoms. The normalized spacial score (nSPS) is 21.0. The lowest BCUT2D eigenvalue weighted by Gasteiger charge is -2.34. The predicted molar refractivity (Wildman–Crippen MR) is 76.3 cm³/mol. The molecule has 102 valence electrons. The van der Waals surface area contributed by atoms with Gasteiger partial charge in [0.05, 0.1) is 0 Å². The van der Waals surface area contributed by atoms with Crippen LogP contribution in [0.4, 0.5) is 0 Å². The van der Waals surface area contributed by atoms with Crippen LogP contribution in [0.25, 0.3) is 0 Å². The van der Waals surface area contributed by atoms with Crippen molar-refractivity contribution in [1.82, 2.24) is 10.2 Å². The molecular formula is C15H32N2. The summed E-state index contributed by atoms with van der Waals surface area (Å²) in [5.74, 6) is 2.72. The molecule has 2 heteroatoms. The molecule has 1 heterocycles. The molecule has 0 aromatic carbocycles. The zero-order chi connectivity index (χ0) is 12.7. The van der Waals surface area contributed by atoms with Crippen molar-refractivity contribution in [3.8, 4) is 0 Å². The van der Waals surface area contributed by atoms with Gasteiger partial charge in [0.25, 0.3) is 0 Å². The highest BCUT2D eigenvalue weighted by Crippen LogP contribution is 2.24. The summed E-state index contributed by atoms with van der Waals surface area (Å²) in [6, 6.07) is 0. The van der Waals surface area contributed by atoms with Crippen molar-refractivity contribution in [2.75, 3.05) is 33.2 Å². The van der Waals surface area contributed by atoms with Gasteiger partial charge in [-0.15, -0.1) is 0 Å². The summed E-state index contributed by atoms with van der Waals surface area (Å²) in [6.07, 6.45) is 5.51. The fourth-order valence-corrected chi connectivity index (χ4v) is 2.95. The molecule has 0 amide bonds. The number of hydrogen-bond acceptors (Lipinski definition) is 2. The zero-order valence-electron chi connectivity index (χ0n) is 12.3. The van der Waals surface area contributed by atoms with E-state index in [1.165, 1.54) is 51.9 Å². The smallest absolute Gasteiger partial charge is 0.00156 e. The third-order valence-corrected chi connectivity index (χ3v) is 4.50. The molecule has 1 rings (SSSR count). The van der Waals surface area contributed by atoms with Gasteiger partial charge in [-0.25, -0.2) is 0 Å². The molecule has 0 radical (unpaired) electrons. The molecule has 0 aromatic heterocycles. The van der Waals surface area contributed by atoms with Crippen molar-refractivity contribution in [2.24, 2.45) is 17.8 Å². The SMILES string of the molecule is CC[C@@H](CCN1CCC(C(C)C)CC1)CNC. The number of piperidine rings is 1. The number of likely N-dealkylation sites (tertiary alicyclic amines) is 1. The fourth-order valence-electron chi connectivity index (χ4n) is 2.95. The topological polar surface area (TPSA) is 15.3 Å². The van der Waals surface area contributed by atoms with Crippen LogP contribution in [0.1, 0.15) is 46.5 Å². The van der Waals surface area contributed by atoms with Crippen LogP contribution in [-0.2, 0) is 0 Å². The summed E-state index contributed by atoms with van der Waals surface area (Å²) in [4.78, 5) is 2.68. The molecule has 0 saturated carbocycles. The van der Waals surface area contributed by atoms with Crippen molar-refractivity contribution in [1.29, 1.82) is 0 Å². The Bertz CT molecular complexity index is 183. The van der Waals surface area contributed by atoms with E-state index in [9.17, 15) is 0 Å². The minimum Gasteiger partial charge on any atom is -0.319 e. The van der Waals surface area contributed by atoms with Crippen LogP contribution in [0.5, 0.6) is 0 Å². The molecule has 0 spiro atoms. The molecule has 0 unspecified atom stereocenters. The van der Waals surface area contributed by atoms with Gasteiger partial charge in [-0.3, -0.25) is 0 Å². The first-order valence-electron chi connectivity index (χ1n) is 7.54. The van der Waals surface area contributed by atoms with Crippen LogP contribution in [0, 0.1) is 17.8 Å². The molecule has 0 aliphatic carbocycles. The Morgan fingerprint density at radius 3 is 2.35 bits per heavy atom. The lowest BCUT2D eigenvalue weighted by atomic mass is 9.86. The van der Waals surface area contributed by atoms with Crippen LogP contribution in [-0.4, -0.2) is 38.1 Å². The lowest BCUT2D eigenvalue weighted by Crippen LogP contribution is -2.37. The van der Waals surface area contributed by atoms with Crippen LogP contribution in [0.3, 0.4) is 0 Å². The third-order valence-electron chi connectivity index (χ3n) is 4.50. The van der Waals surface area contributed by atoms with Gasteiger partial charge in [0.2, 0.25) is 0 Å². The van der Waals surface area contributed by atoms with E-state index in [0.29, 0.717) is 0 Å². The maximum Gasteiger partial charge on any atom is -0.00156 e. The Balaban J connectivity index is 2.17. The molecule has 1 aliphatic heterocycles.